The lowest BCUT2D eigenvalue weighted by molar-refractivity contribution is -0.181. The number of hydrogen-bond acceptors (Lipinski definition) is 5. The topological polar surface area (TPSA) is 113 Å². The summed E-state index contributed by atoms with van der Waals surface area (Å²) in [5.74, 6) is -2.72. The third kappa shape index (κ3) is 6.47. The average Bonchev–Trinajstić information content (AvgIpc) is 3.77. The van der Waals surface area contributed by atoms with Gasteiger partial charge in [-0.3, -0.25) is 19.0 Å². The van der Waals surface area contributed by atoms with E-state index < -0.39 is 42.1 Å². The van der Waals surface area contributed by atoms with Crippen LogP contribution in [0.15, 0.2) is 59.5 Å². The number of nitrogens with one attached hydrogen (secondary N) is 1. The van der Waals surface area contributed by atoms with Gasteiger partial charge in [-0.25, -0.2) is 0 Å². The fraction of sp³-hybridized carbons (Fsp3) is 0.367. The van der Waals surface area contributed by atoms with Gasteiger partial charge in [0.25, 0.3) is 5.56 Å². The van der Waals surface area contributed by atoms with Crippen molar-refractivity contribution in [1.82, 2.24) is 4.57 Å². The maximum atomic E-state index is 13.9. The standard InChI is InChI=1S/C30H29ClF3N3O5/c1-41-25(16-2-3-16)13-24(29(40)36-21-8-5-17(6-9-21)28(35)39)37-14-26-23(12-27(37)38)22-11-20(31)7-4-18(22)10-19(15-42-26)30(32,33)34/h4-9,11-12,14,16,19,24-25H,2-3,10,13,15H2,1H3,(H2,35,39)(H,36,40)/t19-,24+,25-/m1/s1. The number of carbonyl (C=O) groups excluding carboxylic acids is 2. The molecule has 0 bridgehead atoms. The van der Waals surface area contributed by atoms with Gasteiger partial charge in [-0.1, -0.05) is 17.7 Å². The summed E-state index contributed by atoms with van der Waals surface area (Å²) in [5, 5.41) is 3.05. The first kappa shape index (κ1) is 29.7. The van der Waals surface area contributed by atoms with Gasteiger partial charge in [-0.05, 0) is 72.7 Å². The first-order valence-corrected chi connectivity index (χ1v) is 13.8. The minimum Gasteiger partial charge on any atom is -0.491 e. The number of carbonyl (C=O) groups is 2. The highest BCUT2D eigenvalue weighted by Crippen LogP contribution is 2.41. The van der Waals surface area contributed by atoms with Gasteiger partial charge in [-0.15, -0.1) is 0 Å². The van der Waals surface area contributed by atoms with E-state index >= 15 is 0 Å². The molecule has 0 radical (unpaired) electrons. The molecule has 1 saturated carbocycles. The summed E-state index contributed by atoms with van der Waals surface area (Å²) in [7, 11) is 1.53. The van der Waals surface area contributed by atoms with Crippen molar-refractivity contribution in [2.24, 2.45) is 17.6 Å². The van der Waals surface area contributed by atoms with E-state index in [4.69, 9.17) is 26.8 Å². The van der Waals surface area contributed by atoms with Crippen LogP contribution in [-0.4, -0.2) is 42.4 Å². The van der Waals surface area contributed by atoms with Crippen LogP contribution in [0.25, 0.3) is 11.1 Å². The Morgan fingerprint density at radius 2 is 1.86 bits per heavy atom. The molecule has 2 aromatic carbocycles. The number of nitrogens with two attached hydrogens (primary N) is 1. The van der Waals surface area contributed by atoms with Gasteiger partial charge in [0.05, 0.1) is 18.2 Å². The van der Waals surface area contributed by atoms with E-state index in [-0.39, 0.29) is 36.2 Å². The number of rotatable bonds is 8. The number of nitrogens with zero attached hydrogens (tertiary/aromatic N) is 1. The molecule has 1 fully saturated rings. The molecule has 3 aromatic rings. The predicted octanol–water partition coefficient (Wildman–Crippen LogP) is 5.38. The highest BCUT2D eigenvalue weighted by atomic mass is 35.5. The minimum atomic E-state index is -4.52. The molecule has 1 aliphatic carbocycles. The molecule has 2 amide bonds. The number of amides is 2. The van der Waals surface area contributed by atoms with Crippen molar-refractivity contribution in [3.05, 3.63) is 81.2 Å². The largest absolute Gasteiger partial charge is 0.491 e. The molecule has 0 spiro atoms. The van der Waals surface area contributed by atoms with Crippen molar-refractivity contribution >= 4 is 29.1 Å². The third-order valence-electron chi connectivity index (χ3n) is 7.76. The van der Waals surface area contributed by atoms with Crippen molar-refractivity contribution in [2.75, 3.05) is 19.0 Å². The van der Waals surface area contributed by atoms with E-state index in [1.165, 1.54) is 66.4 Å². The lowest BCUT2D eigenvalue weighted by Gasteiger charge is -2.28. The number of fused-ring (bicyclic) bond motifs is 3. The van der Waals surface area contributed by atoms with Gasteiger partial charge in [0.2, 0.25) is 11.8 Å². The molecule has 1 aromatic heterocycles. The van der Waals surface area contributed by atoms with Gasteiger partial charge in [0.1, 0.15) is 18.4 Å². The monoisotopic (exact) mass is 603 g/mol. The summed E-state index contributed by atoms with van der Waals surface area (Å²) >= 11 is 6.20. The number of aromatic nitrogens is 1. The van der Waals surface area contributed by atoms with Crippen LogP contribution in [0.5, 0.6) is 5.75 Å². The summed E-state index contributed by atoms with van der Waals surface area (Å²) in [4.78, 5) is 38.7. The van der Waals surface area contributed by atoms with Crippen LogP contribution in [0.4, 0.5) is 18.9 Å². The van der Waals surface area contributed by atoms with Crippen molar-refractivity contribution in [2.45, 2.75) is 44.0 Å². The van der Waals surface area contributed by atoms with Crippen LogP contribution in [0.3, 0.4) is 0 Å². The third-order valence-corrected chi connectivity index (χ3v) is 7.99. The summed E-state index contributed by atoms with van der Waals surface area (Å²) in [6.45, 7) is -0.664. The Bertz CT molecular complexity index is 1550. The summed E-state index contributed by atoms with van der Waals surface area (Å²) < 4.78 is 54.1. The van der Waals surface area contributed by atoms with Crippen molar-refractivity contribution in [3.63, 3.8) is 0 Å². The molecular formula is C30H29ClF3N3O5. The summed E-state index contributed by atoms with van der Waals surface area (Å²) in [6.07, 6.45) is -1.93. The molecule has 3 N–H and O–H groups in total. The predicted molar refractivity (Wildman–Crippen MR) is 151 cm³/mol. The molecule has 1 aliphatic heterocycles. The Labute approximate surface area is 244 Å². The SMILES string of the molecule is CO[C@H](C[C@@H](C(=O)Nc1ccc(C(N)=O)cc1)n1cc2c(cc1=O)-c1cc(Cl)ccc1C[C@@H](C(F)(F)F)CO2)C1CC1. The normalized spacial score (nSPS) is 18.0. The van der Waals surface area contributed by atoms with Gasteiger partial charge in [0, 0.05) is 41.4 Å². The molecule has 0 saturated heterocycles. The number of halogens is 4. The molecule has 3 atom stereocenters. The van der Waals surface area contributed by atoms with E-state index in [1.54, 1.807) is 0 Å². The van der Waals surface area contributed by atoms with Crippen LogP contribution in [0, 0.1) is 11.8 Å². The number of alkyl halides is 3. The number of anilines is 1. The molecule has 0 unspecified atom stereocenters. The highest BCUT2D eigenvalue weighted by molar-refractivity contribution is 6.30. The maximum Gasteiger partial charge on any atom is 0.395 e. The number of pyridine rings is 1. The Hall–Kier alpha value is -3.83. The number of ether oxygens (including phenoxy) is 2. The van der Waals surface area contributed by atoms with Crippen LogP contribution < -0.4 is 21.3 Å². The van der Waals surface area contributed by atoms with Crippen LogP contribution >= 0.6 is 11.6 Å². The van der Waals surface area contributed by atoms with Gasteiger partial charge in [0.15, 0.2) is 0 Å². The van der Waals surface area contributed by atoms with Crippen LogP contribution in [0.2, 0.25) is 5.02 Å². The van der Waals surface area contributed by atoms with Gasteiger partial charge in [-0.2, -0.15) is 13.2 Å². The number of hydrogen-bond donors (Lipinski definition) is 2. The zero-order valence-corrected chi connectivity index (χ0v) is 23.4. The number of methoxy groups -OCH3 is 1. The summed E-state index contributed by atoms with van der Waals surface area (Å²) in [5.41, 5.74) is 6.40. The quantitative estimate of drug-likeness (QED) is 0.359. The van der Waals surface area contributed by atoms with E-state index in [2.05, 4.69) is 5.32 Å². The van der Waals surface area contributed by atoms with Crippen LogP contribution in [-0.2, 0) is 16.0 Å². The van der Waals surface area contributed by atoms with Gasteiger partial charge >= 0.3 is 6.18 Å². The molecule has 222 valence electrons. The fourth-order valence-electron chi connectivity index (χ4n) is 5.26. The lowest BCUT2D eigenvalue weighted by Crippen LogP contribution is -2.37. The first-order chi connectivity index (χ1) is 19.9. The Morgan fingerprint density at radius 3 is 2.48 bits per heavy atom. The Morgan fingerprint density at radius 1 is 1.14 bits per heavy atom. The molecular weight excluding hydrogens is 575 g/mol. The lowest BCUT2D eigenvalue weighted by atomic mass is 9.91. The fourth-order valence-corrected chi connectivity index (χ4v) is 5.43. The summed E-state index contributed by atoms with van der Waals surface area (Å²) in [6, 6.07) is 10.7. The van der Waals surface area contributed by atoms with E-state index in [1.807, 2.05) is 0 Å². The number of benzene rings is 2. The maximum absolute atomic E-state index is 13.9. The molecule has 2 aliphatic rings. The van der Waals surface area contributed by atoms with Crippen molar-refractivity contribution < 1.29 is 32.2 Å². The molecule has 2 heterocycles. The molecule has 12 heteroatoms. The smallest absolute Gasteiger partial charge is 0.395 e. The first-order valence-electron chi connectivity index (χ1n) is 13.4. The zero-order chi connectivity index (χ0) is 30.2. The molecule has 42 heavy (non-hydrogen) atoms. The minimum absolute atomic E-state index is 0.0241. The van der Waals surface area contributed by atoms with E-state index in [9.17, 15) is 27.6 Å². The van der Waals surface area contributed by atoms with E-state index in [0.717, 1.165) is 12.8 Å². The van der Waals surface area contributed by atoms with Gasteiger partial charge < -0.3 is 20.5 Å². The van der Waals surface area contributed by atoms with Crippen molar-refractivity contribution in [1.29, 1.82) is 0 Å². The Balaban J connectivity index is 1.56. The second-order valence-corrected chi connectivity index (χ2v) is 11.1. The number of primary amides is 1. The van der Waals surface area contributed by atoms with Crippen LogP contribution in [0.1, 0.15) is 41.2 Å². The average molecular weight is 604 g/mol. The van der Waals surface area contributed by atoms with E-state index in [0.29, 0.717) is 27.4 Å². The molecule has 8 nitrogen and oxygen atoms in total. The molecule has 5 rings (SSSR count). The second-order valence-electron chi connectivity index (χ2n) is 10.6. The Kier molecular flexibility index (Phi) is 8.34. The highest BCUT2D eigenvalue weighted by Gasteiger charge is 2.42. The second kappa shape index (κ2) is 11.8. The zero-order valence-electron chi connectivity index (χ0n) is 22.6. The van der Waals surface area contributed by atoms with Crippen molar-refractivity contribution in [3.8, 4) is 16.9 Å².